The quantitative estimate of drug-likeness (QED) is 0.839. The van der Waals surface area contributed by atoms with Gasteiger partial charge in [-0.25, -0.2) is 0 Å². The first-order valence-corrected chi connectivity index (χ1v) is 7.17. The first-order chi connectivity index (χ1) is 9.11. The summed E-state index contributed by atoms with van der Waals surface area (Å²) in [5, 5.41) is 13.5. The van der Waals surface area contributed by atoms with Crippen LogP contribution in [0.2, 0.25) is 0 Å². The van der Waals surface area contributed by atoms with Crippen LogP contribution in [0.3, 0.4) is 0 Å². The predicted octanol–water partition coefficient (Wildman–Crippen LogP) is 3.88. The highest BCUT2D eigenvalue weighted by Crippen LogP contribution is 2.45. The number of hydrogen-bond donors (Lipinski definition) is 1. The fraction of sp³-hybridized carbons (Fsp3) is 0.471. The number of nitrogens with zero attached hydrogens (tertiary/aromatic N) is 1. The molecular formula is C17H21NO. The lowest BCUT2D eigenvalue weighted by Gasteiger charge is -2.42. The van der Waals surface area contributed by atoms with Crippen molar-refractivity contribution in [3.05, 3.63) is 42.2 Å². The highest BCUT2D eigenvalue weighted by atomic mass is 16.3. The molecule has 0 saturated heterocycles. The van der Waals surface area contributed by atoms with E-state index in [0.717, 1.165) is 29.2 Å². The first kappa shape index (κ1) is 12.6. The zero-order valence-electron chi connectivity index (χ0n) is 11.6. The Kier molecular flexibility index (Phi) is 3.06. The third kappa shape index (κ3) is 2.04. The van der Waals surface area contributed by atoms with Gasteiger partial charge in [0.1, 0.15) is 0 Å². The number of hydrogen-bond acceptors (Lipinski definition) is 2. The van der Waals surface area contributed by atoms with E-state index in [-0.39, 0.29) is 0 Å². The third-order valence-corrected chi connectivity index (χ3v) is 4.72. The minimum atomic E-state index is -0.708. The molecule has 1 aromatic heterocycles. The van der Waals surface area contributed by atoms with Crippen molar-refractivity contribution >= 4 is 10.8 Å². The third-order valence-electron chi connectivity index (χ3n) is 4.72. The summed E-state index contributed by atoms with van der Waals surface area (Å²) in [5.74, 6) is 0.877. The molecule has 2 nitrogen and oxygen atoms in total. The molecule has 1 aliphatic rings. The topological polar surface area (TPSA) is 33.1 Å². The Morgan fingerprint density at radius 3 is 2.89 bits per heavy atom. The molecule has 1 aromatic carbocycles. The number of aromatic nitrogens is 1. The van der Waals surface area contributed by atoms with Gasteiger partial charge < -0.3 is 5.11 Å². The summed E-state index contributed by atoms with van der Waals surface area (Å²) in [6.07, 6.45) is 6.85. The van der Waals surface area contributed by atoms with Gasteiger partial charge in [0.25, 0.3) is 0 Å². The van der Waals surface area contributed by atoms with Gasteiger partial charge in [0.05, 0.1) is 5.60 Å². The Morgan fingerprint density at radius 1 is 1.21 bits per heavy atom. The van der Waals surface area contributed by atoms with Crippen LogP contribution in [0.5, 0.6) is 0 Å². The Morgan fingerprint density at radius 2 is 2.05 bits per heavy atom. The van der Waals surface area contributed by atoms with Gasteiger partial charge in [0, 0.05) is 17.8 Å². The fourth-order valence-electron chi connectivity index (χ4n) is 3.47. The van der Waals surface area contributed by atoms with E-state index in [9.17, 15) is 5.11 Å². The van der Waals surface area contributed by atoms with Crippen molar-refractivity contribution in [1.82, 2.24) is 4.98 Å². The summed E-state index contributed by atoms with van der Waals surface area (Å²) in [4.78, 5) is 4.23. The summed E-state index contributed by atoms with van der Waals surface area (Å²) in [7, 11) is 0. The van der Waals surface area contributed by atoms with Crippen LogP contribution in [0, 0.1) is 11.8 Å². The SMILES string of the molecule is CC1CCC(C)C(O)(c2cccc3ccncc23)C1. The lowest BCUT2D eigenvalue weighted by Crippen LogP contribution is -2.39. The van der Waals surface area contributed by atoms with Crippen LogP contribution in [-0.2, 0) is 5.60 Å². The smallest absolute Gasteiger partial charge is 0.0931 e. The van der Waals surface area contributed by atoms with Gasteiger partial charge in [-0.15, -0.1) is 0 Å². The Hall–Kier alpha value is -1.41. The van der Waals surface area contributed by atoms with Crippen LogP contribution in [0.25, 0.3) is 10.8 Å². The lowest BCUT2D eigenvalue weighted by molar-refractivity contribution is -0.0615. The molecule has 0 aliphatic heterocycles. The van der Waals surface area contributed by atoms with Gasteiger partial charge in [-0.2, -0.15) is 0 Å². The number of aliphatic hydroxyl groups is 1. The molecule has 1 aliphatic carbocycles. The minimum absolute atomic E-state index is 0.300. The highest BCUT2D eigenvalue weighted by molar-refractivity contribution is 5.85. The molecule has 3 atom stereocenters. The molecule has 1 heterocycles. The van der Waals surface area contributed by atoms with Crippen LogP contribution in [0.1, 0.15) is 38.7 Å². The Labute approximate surface area is 114 Å². The minimum Gasteiger partial charge on any atom is -0.385 e. The summed E-state index contributed by atoms with van der Waals surface area (Å²) < 4.78 is 0. The number of fused-ring (bicyclic) bond motifs is 1. The van der Waals surface area contributed by atoms with Crippen molar-refractivity contribution < 1.29 is 5.11 Å². The van der Waals surface area contributed by atoms with E-state index in [1.54, 1.807) is 0 Å². The standard InChI is InChI=1S/C17H21NO/c1-12-6-7-13(2)17(19,10-12)16-5-3-4-14-8-9-18-11-15(14)16/h3-5,8-9,11-13,19H,6-7,10H2,1-2H3. The molecule has 0 bridgehead atoms. The molecule has 19 heavy (non-hydrogen) atoms. The van der Waals surface area contributed by atoms with Gasteiger partial charge in [0.15, 0.2) is 0 Å². The molecule has 3 unspecified atom stereocenters. The maximum absolute atomic E-state index is 11.3. The van der Waals surface area contributed by atoms with Crippen LogP contribution < -0.4 is 0 Å². The molecule has 100 valence electrons. The van der Waals surface area contributed by atoms with E-state index in [1.165, 1.54) is 6.42 Å². The maximum Gasteiger partial charge on any atom is 0.0931 e. The van der Waals surface area contributed by atoms with E-state index in [0.29, 0.717) is 11.8 Å². The summed E-state index contributed by atoms with van der Waals surface area (Å²) in [5.41, 5.74) is 0.345. The van der Waals surface area contributed by atoms with Gasteiger partial charge in [-0.3, -0.25) is 4.98 Å². The van der Waals surface area contributed by atoms with Crippen LogP contribution >= 0.6 is 0 Å². The molecule has 1 saturated carbocycles. The van der Waals surface area contributed by atoms with Crippen LogP contribution in [0.15, 0.2) is 36.7 Å². The van der Waals surface area contributed by atoms with Gasteiger partial charge >= 0.3 is 0 Å². The van der Waals surface area contributed by atoms with Crippen molar-refractivity contribution in [3.63, 3.8) is 0 Å². The average molecular weight is 255 g/mol. The number of pyridine rings is 1. The molecule has 2 heteroatoms. The Balaban J connectivity index is 2.17. The average Bonchev–Trinajstić information content (AvgIpc) is 2.42. The first-order valence-electron chi connectivity index (χ1n) is 7.17. The zero-order valence-corrected chi connectivity index (χ0v) is 11.6. The summed E-state index contributed by atoms with van der Waals surface area (Å²) in [6, 6.07) is 8.21. The monoisotopic (exact) mass is 255 g/mol. The number of benzene rings is 1. The van der Waals surface area contributed by atoms with E-state index in [2.05, 4.69) is 31.0 Å². The Bertz CT molecular complexity index is 589. The maximum atomic E-state index is 11.3. The lowest BCUT2D eigenvalue weighted by atomic mass is 9.68. The van der Waals surface area contributed by atoms with Crippen molar-refractivity contribution in [2.45, 2.75) is 38.7 Å². The molecular weight excluding hydrogens is 234 g/mol. The van der Waals surface area contributed by atoms with Crippen LogP contribution in [0.4, 0.5) is 0 Å². The molecule has 1 fully saturated rings. The second-order valence-electron chi connectivity index (χ2n) is 6.11. The molecule has 0 amide bonds. The zero-order chi connectivity index (χ0) is 13.5. The normalized spacial score (nSPS) is 31.5. The second-order valence-corrected chi connectivity index (χ2v) is 6.11. The van der Waals surface area contributed by atoms with E-state index in [1.807, 2.05) is 24.5 Å². The number of rotatable bonds is 1. The van der Waals surface area contributed by atoms with Crippen LogP contribution in [-0.4, -0.2) is 10.1 Å². The van der Waals surface area contributed by atoms with E-state index in [4.69, 9.17) is 0 Å². The molecule has 0 spiro atoms. The second kappa shape index (κ2) is 4.61. The van der Waals surface area contributed by atoms with Crippen molar-refractivity contribution in [3.8, 4) is 0 Å². The van der Waals surface area contributed by atoms with Gasteiger partial charge in [-0.05, 0) is 41.7 Å². The molecule has 0 radical (unpaired) electrons. The van der Waals surface area contributed by atoms with E-state index >= 15 is 0 Å². The van der Waals surface area contributed by atoms with E-state index < -0.39 is 5.60 Å². The highest BCUT2D eigenvalue weighted by Gasteiger charge is 2.41. The molecule has 1 N–H and O–H groups in total. The summed E-state index contributed by atoms with van der Waals surface area (Å²) >= 11 is 0. The van der Waals surface area contributed by atoms with Crippen molar-refractivity contribution in [2.75, 3.05) is 0 Å². The van der Waals surface area contributed by atoms with Crippen molar-refractivity contribution in [2.24, 2.45) is 11.8 Å². The van der Waals surface area contributed by atoms with Gasteiger partial charge in [0.2, 0.25) is 0 Å². The predicted molar refractivity (Wildman–Crippen MR) is 77.8 cm³/mol. The summed E-state index contributed by atoms with van der Waals surface area (Å²) in [6.45, 7) is 4.40. The fourth-order valence-corrected chi connectivity index (χ4v) is 3.47. The largest absolute Gasteiger partial charge is 0.385 e. The molecule has 3 rings (SSSR count). The van der Waals surface area contributed by atoms with Gasteiger partial charge in [-0.1, -0.05) is 38.5 Å². The molecule has 2 aromatic rings. The van der Waals surface area contributed by atoms with Crippen molar-refractivity contribution in [1.29, 1.82) is 0 Å².